The van der Waals surface area contributed by atoms with Gasteiger partial charge in [0.05, 0.1) is 6.10 Å². The summed E-state index contributed by atoms with van der Waals surface area (Å²) in [6.07, 6.45) is 2.26. The average molecular weight is 297 g/mol. The Morgan fingerprint density at radius 3 is 2.52 bits per heavy atom. The van der Waals surface area contributed by atoms with Crippen molar-refractivity contribution in [3.8, 4) is 0 Å². The first-order chi connectivity index (χ1) is 9.77. The second-order valence-corrected chi connectivity index (χ2v) is 7.11. The van der Waals surface area contributed by atoms with E-state index >= 15 is 0 Å². The highest BCUT2D eigenvalue weighted by atomic mass is 16.5. The summed E-state index contributed by atoms with van der Waals surface area (Å²) >= 11 is 0. The molecular formula is C15H27N3O3. The number of carbonyl (C=O) groups is 1. The summed E-state index contributed by atoms with van der Waals surface area (Å²) < 4.78 is 5.68. The quantitative estimate of drug-likeness (QED) is 0.310. The van der Waals surface area contributed by atoms with E-state index in [-0.39, 0.29) is 29.3 Å². The zero-order valence-electron chi connectivity index (χ0n) is 13.3. The Hall–Kier alpha value is -1.30. The lowest BCUT2D eigenvalue weighted by atomic mass is 9.60. The summed E-state index contributed by atoms with van der Waals surface area (Å²) in [6.45, 7) is 8.92. The molecule has 0 aromatic rings. The number of hydrogen-bond donors (Lipinski definition) is 3. The van der Waals surface area contributed by atoms with Crippen molar-refractivity contribution in [3.05, 3.63) is 0 Å². The van der Waals surface area contributed by atoms with E-state index in [0.29, 0.717) is 25.4 Å². The summed E-state index contributed by atoms with van der Waals surface area (Å²) in [6, 6.07) is 0.0702. The van der Waals surface area contributed by atoms with E-state index < -0.39 is 5.41 Å². The van der Waals surface area contributed by atoms with Crippen LogP contribution in [0.3, 0.4) is 0 Å². The van der Waals surface area contributed by atoms with Crippen LogP contribution < -0.4 is 11.1 Å². The van der Waals surface area contributed by atoms with Crippen LogP contribution >= 0.6 is 0 Å². The van der Waals surface area contributed by atoms with Gasteiger partial charge in [0, 0.05) is 18.1 Å². The smallest absolute Gasteiger partial charge is 0.234 e. The molecule has 2 fully saturated rings. The number of hydrogen-bond acceptors (Lipinski definition) is 4. The van der Waals surface area contributed by atoms with E-state index in [2.05, 4.69) is 31.2 Å². The largest absolute Gasteiger partial charge is 0.409 e. The maximum atomic E-state index is 12.6. The lowest BCUT2D eigenvalue weighted by Gasteiger charge is -2.53. The van der Waals surface area contributed by atoms with Gasteiger partial charge < -0.3 is 21.0 Å². The van der Waals surface area contributed by atoms with Gasteiger partial charge in [0.2, 0.25) is 5.91 Å². The van der Waals surface area contributed by atoms with Crippen molar-refractivity contribution in [3.63, 3.8) is 0 Å². The van der Waals surface area contributed by atoms with E-state index in [1.807, 2.05) is 6.92 Å². The van der Waals surface area contributed by atoms with Crippen LogP contribution in [0.1, 0.15) is 47.0 Å². The topological polar surface area (TPSA) is 96.9 Å². The Bertz CT molecular complexity index is 441. The molecule has 0 radical (unpaired) electrons. The zero-order chi connectivity index (χ0) is 15.8. The second-order valence-electron chi connectivity index (χ2n) is 7.11. The van der Waals surface area contributed by atoms with Crippen LogP contribution in [0.5, 0.6) is 0 Å². The number of nitrogens with two attached hydrogens (primary N) is 1. The molecule has 0 aliphatic heterocycles. The summed E-state index contributed by atoms with van der Waals surface area (Å²) in [7, 11) is 0. The minimum atomic E-state index is -0.832. The number of rotatable bonds is 5. The van der Waals surface area contributed by atoms with Crippen molar-refractivity contribution < 1.29 is 14.7 Å². The molecule has 0 bridgehead atoms. The molecule has 2 aliphatic carbocycles. The van der Waals surface area contributed by atoms with Gasteiger partial charge >= 0.3 is 0 Å². The summed E-state index contributed by atoms with van der Waals surface area (Å²) in [5, 5.41) is 15.1. The highest BCUT2D eigenvalue weighted by molar-refractivity contribution is 6.07. The predicted molar refractivity (Wildman–Crippen MR) is 80.0 cm³/mol. The number of carbonyl (C=O) groups excluding carboxylic acids is 1. The molecular weight excluding hydrogens is 270 g/mol. The fraction of sp³-hybridized carbons (Fsp3) is 0.867. The van der Waals surface area contributed by atoms with Crippen molar-refractivity contribution in [1.82, 2.24) is 5.32 Å². The van der Waals surface area contributed by atoms with Crippen molar-refractivity contribution in [1.29, 1.82) is 0 Å². The fourth-order valence-electron chi connectivity index (χ4n) is 3.65. The van der Waals surface area contributed by atoms with Gasteiger partial charge in [0.15, 0.2) is 5.84 Å². The molecule has 0 aromatic heterocycles. The third-order valence-electron chi connectivity index (χ3n) is 5.28. The first-order valence-corrected chi connectivity index (χ1v) is 7.68. The van der Waals surface area contributed by atoms with Crippen LogP contribution in [0.15, 0.2) is 5.16 Å². The molecule has 0 aromatic carbocycles. The van der Waals surface area contributed by atoms with Crippen molar-refractivity contribution in [2.45, 2.75) is 59.1 Å². The van der Waals surface area contributed by atoms with Gasteiger partial charge in [-0.05, 0) is 32.1 Å². The van der Waals surface area contributed by atoms with Crippen LogP contribution in [-0.4, -0.2) is 35.7 Å². The van der Waals surface area contributed by atoms with Crippen LogP contribution in [0.25, 0.3) is 0 Å². The Morgan fingerprint density at radius 2 is 2.10 bits per heavy atom. The van der Waals surface area contributed by atoms with Gasteiger partial charge in [-0.2, -0.15) is 0 Å². The molecule has 6 heteroatoms. The highest BCUT2D eigenvalue weighted by Crippen LogP contribution is 2.48. The van der Waals surface area contributed by atoms with Crippen LogP contribution in [0, 0.1) is 16.7 Å². The third kappa shape index (κ3) is 2.50. The van der Waals surface area contributed by atoms with Gasteiger partial charge in [-0.15, -0.1) is 0 Å². The van der Waals surface area contributed by atoms with Gasteiger partial charge in [-0.25, -0.2) is 0 Å². The molecule has 120 valence electrons. The van der Waals surface area contributed by atoms with E-state index in [1.165, 1.54) is 0 Å². The number of ether oxygens (including phenoxy) is 1. The third-order valence-corrected chi connectivity index (χ3v) is 5.28. The van der Waals surface area contributed by atoms with E-state index in [1.54, 1.807) is 0 Å². The zero-order valence-corrected chi connectivity index (χ0v) is 13.3. The Labute approximate surface area is 126 Å². The fourth-order valence-corrected chi connectivity index (χ4v) is 3.65. The number of oxime groups is 1. The molecule has 2 aliphatic rings. The Kier molecular flexibility index (Phi) is 4.19. The minimum absolute atomic E-state index is 0.0246. The summed E-state index contributed by atoms with van der Waals surface area (Å²) in [4.78, 5) is 12.6. The van der Waals surface area contributed by atoms with Crippen LogP contribution in [0.4, 0.5) is 0 Å². The molecule has 1 amide bonds. The molecule has 4 N–H and O–H groups in total. The lowest BCUT2D eigenvalue weighted by Crippen LogP contribution is -2.66. The molecule has 6 nitrogen and oxygen atoms in total. The molecule has 2 rings (SSSR count). The molecule has 2 atom stereocenters. The maximum Gasteiger partial charge on any atom is 0.234 e. The molecule has 2 unspecified atom stereocenters. The normalized spacial score (nSPS) is 38.3. The molecule has 21 heavy (non-hydrogen) atoms. The van der Waals surface area contributed by atoms with Gasteiger partial charge in [0.1, 0.15) is 5.41 Å². The van der Waals surface area contributed by atoms with Crippen molar-refractivity contribution in [2.24, 2.45) is 27.6 Å². The minimum Gasteiger partial charge on any atom is -0.409 e. The van der Waals surface area contributed by atoms with E-state index in [4.69, 9.17) is 15.7 Å². The predicted octanol–water partition coefficient (Wildman–Crippen LogP) is 1.47. The number of nitrogens with one attached hydrogen (secondary N) is 1. The molecule has 0 saturated heterocycles. The van der Waals surface area contributed by atoms with Gasteiger partial charge in [0.25, 0.3) is 0 Å². The van der Waals surface area contributed by atoms with Crippen molar-refractivity contribution in [2.75, 3.05) is 6.61 Å². The highest BCUT2D eigenvalue weighted by Gasteiger charge is 2.56. The van der Waals surface area contributed by atoms with Gasteiger partial charge in [-0.3, -0.25) is 4.79 Å². The number of amidine groups is 1. The summed E-state index contributed by atoms with van der Waals surface area (Å²) in [5.41, 5.74) is 4.85. The lowest BCUT2D eigenvalue weighted by molar-refractivity contribution is -0.146. The van der Waals surface area contributed by atoms with E-state index in [9.17, 15) is 4.79 Å². The standard InChI is InChI=1S/C15H27N3O3/c1-5-21-11-6-10(14(11,3)4)17-13(19)15(12(16)18-20)7-9(2)8-15/h9-11,20H,5-8H2,1-4H3,(H2,16,18)(H,17,19). The first-order valence-electron chi connectivity index (χ1n) is 7.68. The summed E-state index contributed by atoms with van der Waals surface area (Å²) in [5.74, 6) is 0.321. The number of nitrogens with zero attached hydrogens (tertiary/aromatic N) is 1. The second kappa shape index (κ2) is 5.48. The van der Waals surface area contributed by atoms with E-state index in [0.717, 1.165) is 6.42 Å². The maximum absolute atomic E-state index is 12.6. The molecule has 0 heterocycles. The molecule has 0 spiro atoms. The molecule has 2 saturated carbocycles. The Balaban J connectivity index is 2.02. The van der Waals surface area contributed by atoms with Crippen molar-refractivity contribution >= 4 is 11.7 Å². The monoisotopic (exact) mass is 297 g/mol. The number of amides is 1. The van der Waals surface area contributed by atoms with Crippen LogP contribution in [0.2, 0.25) is 0 Å². The Morgan fingerprint density at radius 1 is 1.48 bits per heavy atom. The first kappa shape index (κ1) is 16.1. The SMILES string of the molecule is CCOC1CC(NC(=O)C2(C(N)=NO)CC(C)C2)C1(C)C. The average Bonchev–Trinajstić information content (AvgIpc) is 2.41. The van der Waals surface area contributed by atoms with Gasteiger partial charge in [-0.1, -0.05) is 25.9 Å². The van der Waals surface area contributed by atoms with Crippen LogP contribution in [-0.2, 0) is 9.53 Å².